The molecule has 2 aromatic heterocycles. The van der Waals surface area contributed by atoms with Crippen LogP contribution in [0.5, 0.6) is 0 Å². The molecule has 0 fully saturated rings. The lowest BCUT2D eigenvalue weighted by Gasteiger charge is -2.32. The molecule has 2 amide bonds. The molecule has 9 nitrogen and oxygen atoms in total. The number of hydrogen-bond acceptors (Lipinski definition) is 6. The molecule has 0 radical (unpaired) electrons. The van der Waals surface area contributed by atoms with Gasteiger partial charge in [-0.3, -0.25) is 0 Å². The van der Waals surface area contributed by atoms with Crippen molar-refractivity contribution in [2.75, 3.05) is 5.32 Å². The van der Waals surface area contributed by atoms with Crippen molar-refractivity contribution >= 4 is 22.5 Å². The van der Waals surface area contributed by atoms with Crippen LogP contribution in [0, 0.1) is 11.3 Å². The van der Waals surface area contributed by atoms with Crippen molar-refractivity contribution in [3.63, 3.8) is 0 Å². The summed E-state index contributed by atoms with van der Waals surface area (Å²) in [6, 6.07) is 22.1. The van der Waals surface area contributed by atoms with Gasteiger partial charge in [0.15, 0.2) is 0 Å². The third kappa shape index (κ3) is 3.87. The third-order valence-electron chi connectivity index (χ3n) is 6.14. The van der Waals surface area contributed by atoms with Crippen LogP contribution in [0.2, 0.25) is 0 Å². The molecule has 9 heteroatoms. The van der Waals surface area contributed by atoms with Crippen molar-refractivity contribution in [2.24, 2.45) is 0 Å². The number of nitriles is 1. The Morgan fingerprint density at radius 3 is 2.89 bits per heavy atom. The van der Waals surface area contributed by atoms with Gasteiger partial charge in [-0.15, -0.1) is 0 Å². The standard InChI is InChI=1S/C26H19N7O2/c27-13-16-4-3-7-20(10-16)30-26(34)33-14-22-21(28-15-29-22)12-23(33)25-31-24(32-35-25)19-9-8-17-5-1-2-6-18(17)11-19/h1-11,15,23H,12,14H2,(H,28,29)(H,30,34)/t23-/m0/s1. The Balaban J connectivity index is 1.32. The molecule has 0 spiro atoms. The fourth-order valence-corrected chi connectivity index (χ4v) is 4.35. The minimum atomic E-state index is -0.494. The summed E-state index contributed by atoms with van der Waals surface area (Å²) in [6.07, 6.45) is 2.05. The van der Waals surface area contributed by atoms with Crippen LogP contribution in [0.1, 0.15) is 28.9 Å². The molecule has 170 valence electrons. The Hall–Kier alpha value is -4.97. The van der Waals surface area contributed by atoms with E-state index in [0.29, 0.717) is 35.9 Å². The summed E-state index contributed by atoms with van der Waals surface area (Å²) in [4.78, 5) is 27.1. The summed E-state index contributed by atoms with van der Waals surface area (Å²) in [7, 11) is 0. The van der Waals surface area contributed by atoms with Gasteiger partial charge in [-0.25, -0.2) is 9.78 Å². The maximum Gasteiger partial charge on any atom is 0.322 e. The second kappa shape index (κ2) is 8.43. The lowest BCUT2D eigenvalue weighted by atomic mass is 10.0. The van der Waals surface area contributed by atoms with Crippen LogP contribution in [-0.2, 0) is 13.0 Å². The third-order valence-corrected chi connectivity index (χ3v) is 6.14. The minimum absolute atomic E-state index is 0.303. The highest BCUT2D eigenvalue weighted by atomic mass is 16.5. The predicted octanol–water partition coefficient (Wildman–Crippen LogP) is 4.82. The Morgan fingerprint density at radius 2 is 2.00 bits per heavy atom. The van der Waals surface area contributed by atoms with Gasteiger partial charge in [0.25, 0.3) is 0 Å². The van der Waals surface area contributed by atoms with Crippen LogP contribution in [0.4, 0.5) is 10.5 Å². The van der Waals surface area contributed by atoms with Gasteiger partial charge in [0.05, 0.1) is 35.9 Å². The van der Waals surface area contributed by atoms with E-state index in [1.54, 1.807) is 35.5 Å². The van der Waals surface area contributed by atoms with E-state index in [-0.39, 0.29) is 6.03 Å². The van der Waals surface area contributed by atoms with Gasteiger partial charge < -0.3 is 19.7 Å². The number of carbonyl (C=O) groups excluding carboxylic acids is 1. The predicted molar refractivity (Wildman–Crippen MR) is 128 cm³/mol. The molecule has 1 aliphatic rings. The number of rotatable bonds is 3. The van der Waals surface area contributed by atoms with Crippen molar-refractivity contribution in [2.45, 2.75) is 19.0 Å². The van der Waals surface area contributed by atoms with E-state index in [1.165, 1.54) is 0 Å². The number of aromatic nitrogens is 4. The van der Waals surface area contributed by atoms with E-state index in [2.05, 4.69) is 31.5 Å². The maximum absolute atomic E-state index is 13.3. The Bertz CT molecular complexity index is 1600. The number of urea groups is 1. The summed E-state index contributed by atoms with van der Waals surface area (Å²) in [5.74, 6) is 0.795. The second-order valence-electron chi connectivity index (χ2n) is 8.32. The number of anilines is 1. The average molecular weight is 461 g/mol. The lowest BCUT2D eigenvalue weighted by molar-refractivity contribution is 0.155. The molecule has 0 unspecified atom stereocenters. The average Bonchev–Trinajstić information content (AvgIpc) is 3.57. The van der Waals surface area contributed by atoms with Crippen LogP contribution in [0.15, 0.2) is 77.6 Å². The smallest absolute Gasteiger partial charge is 0.322 e. The molecule has 0 saturated heterocycles. The van der Waals surface area contributed by atoms with E-state index in [4.69, 9.17) is 9.78 Å². The van der Waals surface area contributed by atoms with Gasteiger partial charge in [0.2, 0.25) is 11.7 Å². The highest BCUT2D eigenvalue weighted by molar-refractivity contribution is 5.90. The summed E-state index contributed by atoms with van der Waals surface area (Å²) in [5, 5.41) is 18.5. The first-order valence-corrected chi connectivity index (χ1v) is 11.1. The summed E-state index contributed by atoms with van der Waals surface area (Å²) < 4.78 is 5.67. The van der Waals surface area contributed by atoms with Crippen LogP contribution in [0.3, 0.4) is 0 Å². The minimum Gasteiger partial charge on any atom is -0.347 e. The second-order valence-corrected chi connectivity index (χ2v) is 8.32. The van der Waals surface area contributed by atoms with Crippen LogP contribution in [-0.4, -0.2) is 31.0 Å². The van der Waals surface area contributed by atoms with E-state index in [1.807, 2.05) is 42.5 Å². The van der Waals surface area contributed by atoms with Crippen LogP contribution < -0.4 is 5.32 Å². The summed E-state index contributed by atoms with van der Waals surface area (Å²) in [6.45, 7) is 0.303. The zero-order valence-electron chi connectivity index (χ0n) is 18.5. The summed E-state index contributed by atoms with van der Waals surface area (Å²) >= 11 is 0. The number of nitrogens with zero attached hydrogens (tertiary/aromatic N) is 5. The number of hydrogen-bond donors (Lipinski definition) is 2. The van der Waals surface area contributed by atoms with E-state index < -0.39 is 6.04 Å². The SMILES string of the molecule is N#Cc1cccc(NC(=O)N2Cc3[nH]cnc3C[C@H]2c2nc(-c3ccc4ccccc4c3)no2)c1. The van der Waals surface area contributed by atoms with Crippen molar-refractivity contribution < 1.29 is 9.32 Å². The Labute approximate surface area is 200 Å². The molecule has 3 heterocycles. The highest BCUT2D eigenvalue weighted by Gasteiger charge is 2.36. The van der Waals surface area contributed by atoms with Gasteiger partial charge >= 0.3 is 6.03 Å². The van der Waals surface area contributed by atoms with E-state index in [0.717, 1.165) is 27.7 Å². The van der Waals surface area contributed by atoms with Crippen LogP contribution in [0.25, 0.3) is 22.2 Å². The van der Waals surface area contributed by atoms with E-state index in [9.17, 15) is 4.79 Å². The zero-order chi connectivity index (χ0) is 23.8. The number of carbonyl (C=O) groups is 1. The number of aromatic amines is 1. The molecule has 0 saturated carbocycles. The highest BCUT2D eigenvalue weighted by Crippen LogP contribution is 2.33. The summed E-state index contributed by atoms with van der Waals surface area (Å²) in [5.41, 5.74) is 3.54. The molecule has 6 rings (SSSR count). The Morgan fingerprint density at radius 1 is 1.11 bits per heavy atom. The van der Waals surface area contributed by atoms with Gasteiger partial charge in [-0.1, -0.05) is 47.6 Å². The first-order valence-electron chi connectivity index (χ1n) is 11.1. The van der Waals surface area contributed by atoms with Crippen molar-refractivity contribution in [3.05, 3.63) is 95.9 Å². The fraction of sp³-hybridized carbons (Fsp3) is 0.115. The molecule has 1 atom stereocenters. The van der Waals surface area contributed by atoms with Crippen molar-refractivity contribution in [3.8, 4) is 17.5 Å². The molecule has 5 aromatic rings. The number of fused-ring (bicyclic) bond motifs is 2. The van der Waals surface area contributed by atoms with Crippen molar-refractivity contribution in [1.82, 2.24) is 25.0 Å². The van der Waals surface area contributed by atoms with Gasteiger partial charge in [-0.05, 0) is 35.0 Å². The molecule has 3 aromatic carbocycles. The number of amides is 2. The monoisotopic (exact) mass is 461 g/mol. The number of benzene rings is 3. The molecule has 1 aliphatic heterocycles. The quantitative estimate of drug-likeness (QED) is 0.397. The number of nitrogens with one attached hydrogen (secondary N) is 2. The Kier molecular flexibility index (Phi) is 4.96. The molecule has 35 heavy (non-hydrogen) atoms. The normalized spacial score (nSPS) is 14.9. The molecule has 0 aliphatic carbocycles. The van der Waals surface area contributed by atoms with Gasteiger partial charge in [0.1, 0.15) is 6.04 Å². The van der Waals surface area contributed by atoms with Crippen LogP contribution >= 0.6 is 0 Å². The first-order chi connectivity index (χ1) is 17.2. The molecule has 2 N–H and O–H groups in total. The van der Waals surface area contributed by atoms with E-state index >= 15 is 0 Å². The molecule has 0 bridgehead atoms. The largest absolute Gasteiger partial charge is 0.347 e. The zero-order valence-corrected chi connectivity index (χ0v) is 18.5. The first kappa shape index (κ1) is 20.6. The topological polar surface area (TPSA) is 124 Å². The van der Waals surface area contributed by atoms with Gasteiger partial charge in [-0.2, -0.15) is 10.2 Å². The lowest BCUT2D eigenvalue weighted by Crippen LogP contribution is -2.41. The van der Waals surface area contributed by atoms with Crippen molar-refractivity contribution in [1.29, 1.82) is 5.26 Å². The number of H-pyrrole nitrogens is 1. The fourth-order valence-electron chi connectivity index (χ4n) is 4.35. The molecular weight excluding hydrogens is 442 g/mol. The van der Waals surface area contributed by atoms with Gasteiger partial charge in [0, 0.05) is 17.7 Å². The number of imidazole rings is 1. The maximum atomic E-state index is 13.3. The molecular formula is C26H19N7O2.